The minimum absolute atomic E-state index is 0.0689. The van der Waals surface area contributed by atoms with Crippen molar-refractivity contribution in [3.05, 3.63) is 29.6 Å². The van der Waals surface area contributed by atoms with E-state index >= 15 is 0 Å². The van der Waals surface area contributed by atoms with E-state index in [2.05, 4.69) is 4.98 Å². The molecule has 0 aliphatic rings. The minimum Gasteiger partial charge on any atom is -0.478 e. The number of halogens is 1. The Balaban J connectivity index is 2.93. The highest BCUT2D eigenvalue weighted by Crippen LogP contribution is 2.13. The number of hydrogen-bond donors (Lipinski definition) is 1. The van der Waals surface area contributed by atoms with Crippen LogP contribution in [0.4, 0.5) is 4.39 Å². The number of carboxylic acid groups (broad SMARTS) is 1. The third-order valence-electron chi connectivity index (χ3n) is 1.44. The van der Waals surface area contributed by atoms with Crippen molar-refractivity contribution >= 4 is 5.97 Å². The molecule has 4 heteroatoms. The molecule has 64 valence electrons. The Morgan fingerprint density at radius 2 is 2.33 bits per heavy atom. The fourth-order valence-corrected chi connectivity index (χ4v) is 0.767. The van der Waals surface area contributed by atoms with Crippen molar-refractivity contribution in [1.82, 2.24) is 4.98 Å². The van der Waals surface area contributed by atoms with Crippen molar-refractivity contribution in [2.24, 2.45) is 0 Å². The van der Waals surface area contributed by atoms with Crippen molar-refractivity contribution in [2.45, 2.75) is 13.1 Å². The number of rotatable bonds is 2. The van der Waals surface area contributed by atoms with E-state index in [0.717, 1.165) is 6.20 Å². The van der Waals surface area contributed by atoms with Crippen LogP contribution in [-0.4, -0.2) is 16.1 Å². The van der Waals surface area contributed by atoms with Gasteiger partial charge in [-0.2, -0.15) is 0 Å². The van der Waals surface area contributed by atoms with Crippen LogP contribution < -0.4 is 0 Å². The number of alkyl halides is 1. The van der Waals surface area contributed by atoms with Crippen molar-refractivity contribution < 1.29 is 14.3 Å². The first-order chi connectivity index (χ1) is 5.61. The third kappa shape index (κ3) is 1.78. The minimum atomic E-state index is -1.16. The molecule has 0 spiro atoms. The zero-order chi connectivity index (χ0) is 9.14. The number of aromatic carboxylic acids is 1. The summed E-state index contributed by atoms with van der Waals surface area (Å²) in [6, 6.07) is 2.70. The molecule has 0 fully saturated rings. The molecule has 12 heavy (non-hydrogen) atoms. The Kier molecular flexibility index (Phi) is 2.38. The lowest BCUT2D eigenvalue weighted by atomic mass is 10.2. The maximum Gasteiger partial charge on any atom is 0.337 e. The van der Waals surface area contributed by atoms with Gasteiger partial charge in [0.1, 0.15) is 6.17 Å². The first kappa shape index (κ1) is 8.64. The third-order valence-corrected chi connectivity index (χ3v) is 1.44. The Morgan fingerprint density at radius 3 is 2.67 bits per heavy atom. The molecule has 0 amide bonds. The van der Waals surface area contributed by atoms with Crippen LogP contribution >= 0.6 is 0 Å². The van der Waals surface area contributed by atoms with E-state index in [4.69, 9.17) is 5.11 Å². The van der Waals surface area contributed by atoms with Gasteiger partial charge in [-0.15, -0.1) is 0 Å². The SMILES string of the molecule is CC(F)c1ccc(C(=O)O)cn1. The van der Waals surface area contributed by atoms with E-state index in [-0.39, 0.29) is 11.3 Å². The lowest BCUT2D eigenvalue weighted by Gasteiger charge is -2.00. The topological polar surface area (TPSA) is 50.2 Å². The first-order valence-corrected chi connectivity index (χ1v) is 3.44. The molecule has 1 aromatic rings. The van der Waals surface area contributed by atoms with Crippen molar-refractivity contribution in [3.8, 4) is 0 Å². The molecule has 1 atom stereocenters. The molecule has 0 aliphatic heterocycles. The fourth-order valence-electron chi connectivity index (χ4n) is 0.767. The highest BCUT2D eigenvalue weighted by atomic mass is 19.1. The summed E-state index contributed by atoms with van der Waals surface area (Å²) in [5, 5.41) is 8.48. The average molecular weight is 169 g/mol. The van der Waals surface area contributed by atoms with Gasteiger partial charge in [-0.05, 0) is 19.1 Å². The molecule has 1 N–H and O–H groups in total. The number of aromatic nitrogens is 1. The van der Waals surface area contributed by atoms with Crippen molar-refractivity contribution in [1.29, 1.82) is 0 Å². The average Bonchev–Trinajstić information content (AvgIpc) is 2.04. The van der Waals surface area contributed by atoms with Crippen LogP contribution in [0, 0.1) is 0 Å². The van der Waals surface area contributed by atoms with Crippen LogP contribution in [0.1, 0.15) is 29.1 Å². The number of pyridine rings is 1. The first-order valence-electron chi connectivity index (χ1n) is 3.44. The second kappa shape index (κ2) is 3.30. The number of carboxylic acids is 1. The molecule has 0 aromatic carbocycles. The van der Waals surface area contributed by atoms with Gasteiger partial charge >= 0.3 is 5.97 Å². The smallest absolute Gasteiger partial charge is 0.337 e. The highest BCUT2D eigenvalue weighted by Gasteiger charge is 2.06. The van der Waals surface area contributed by atoms with E-state index in [9.17, 15) is 9.18 Å². The summed E-state index contributed by atoms with van der Waals surface area (Å²) < 4.78 is 12.6. The van der Waals surface area contributed by atoms with Gasteiger partial charge in [-0.25, -0.2) is 9.18 Å². The molecule has 0 radical (unpaired) electrons. The second-order valence-electron chi connectivity index (χ2n) is 2.39. The van der Waals surface area contributed by atoms with Gasteiger partial charge in [-0.3, -0.25) is 4.98 Å². The molecular weight excluding hydrogens is 161 g/mol. The molecule has 1 unspecified atom stereocenters. The summed E-state index contributed by atoms with van der Waals surface area (Å²) in [4.78, 5) is 14.0. The van der Waals surface area contributed by atoms with Crippen LogP contribution in [0.3, 0.4) is 0 Å². The molecule has 0 bridgehead atoms. The van der Waals surface area contributed by atoms with Gasteiger partial charge in [0.05, 0.1) is 11.3 Å². The van der Waals surface area contributed by atoms with Crippen LogP contribution in [0.5, 0.6) is 0 Å². The lowest BCUT2D eigenvalue weighted by Crippen LogP contribution is -1.98. The van der Waals surface area contributed by atoms with Gasteiger partial charge in [0.25, 0.3) is 0 Å². The van der Waals surface area contributed by atoms with Crippen LogP contribution in [0.15, 0.2) is 18.3 Å². The summed E-state index contributed by atoms with van der Waals surface area (Å²) in [6.45, 7) is 1.35. The van der Waals surface area contributed by atoms with Crippen LogP contribution in [-0.2, 0) is 0 Å². The van der Waals surface area contributed by atoms with Gasteiger partial charge in [0, 0.05) is 6.20 Å². The van der Waals surface area contributed by atoms with Crippen LogP contribution in [0.2, 0.25) is 0 Å². The summed E-state index contributed by atoms with van der Waals surface area (Å²) in [7, 11) is 0. The predicted molar refractivity (Wildman–Crippen MR) is 40.7 cm³/mol. The second-order valence-corrected chi connectivity index (χ2v) is 2.39. The predicted octanol–water partition coefficient (Wildman–Crippen LogP) is 1.81. The highest BCUT2D eigenvalue weighted by molar-refractivity contribution is 5.87. The summed E-state index contributed by atoms with van der Waals surface area (Å²) in [5.41, 5.74) is 0.319. The van der Waals surface area contributed by atoms with E-state index in [1.165, 1.54) is 19.1 Å². The number of carbonyl (C=O) groups is 1. The van der Waals surface area contributed by atoms with E-state index in [1.807, 2.05) is 0 Å². The zero-order valence-corrected chi connectivity index (χ0v) is 6.49. The summed E-state index contributed by atoms with van der Waals surface area (Å²) >= 11 is 0. The van der Waals surface area contributed by atoms with Crippen molar-refractivity contribution in [2.75, 3.05) is 0 Å². The molecule has 1 rings (SSSR count). The standard InChI is InChI=1S/C8H8FNO2/c1-5(9)7-3-2-6(4-10-7)8(11)12/h2-5H,1H3,(H,11,12). The largest absolute Gasteiger partial charge is 0.478 e. The van der Waals surface area contributed by atoms with Gasteiger partial charge < -0.3 is 5.11 Å². The Morgan fingerprint density at radius 1 is 1.67 bits per heavy atom. The molecular formula is C8H8FNO2. The maximum absolute atomic E-state index is 12.6. The van der Waals surface area contributed by atoms with E-state index < -0.39 is 12.1 Å². The number of nitrogens with zero attached hydrogens (tertiary/aromatic N) is 1. The van der Waals surface area contributed by atoms with Crippen molar-refractivity contribution in [3.63, 3.8) is 0 Å². The van der Waals surface area contributed by atoms with Gasteiger partial charge in [0.2, 0.25) is 0 Å². The van der Waals surface area contributed by atoms with Crippen LogP contribution in [0.25, 0.3) is 0 Å². The van der Waals surface area contributed by atoms with E-state index in [1.54, 1.807) is 0 Å². The molecule has 1 heterocycles. The Bertz CT molecular complexity index is 282. The zero-order valence-electron chi connectivity index (χ0n) is 6.49. The monoisotopic (exact) mass is 169 g/mol. The Labute approximate surface area is 68.9 Å². The van der Waals surface area contributed by atoms with Gasteiger partial charge in [-0.1, -0.05) is 0 Å². The fraction of sp³-hybridized carbons (Fsp3) is 0.250. The quantitative estimate of drug-likeness (QED) is 0.734. The summed E-state index contributed by atoms with van der Waals surface area (Å²) in [6.07, 6.45) is -0.0128. The molecule has 0 saturated carbocycles. The Hall–Kier alpha value is -1.45. The molecule has 0 aliphatic carbocycles. The lowest BCUT2D eigenvalue weighted by molar-refractivity contribution is 0.0696. The molecule has 0 saturated heterocycles. The van der Waals surface area contributed by atoms with Gasteiger partial charge in [0.15, 0.2) is 0 Å². The number of hydrogen-bond acceptors (Lipinski definition) is 2. The molecule has 1 aromatic heterocycles. The molecule has 3 nitrogen and oxygen atoms in total. The normalized spacial score (nSPS) is 12.5. The van der Waals surface area contributed by atoms with E-state index in [0.29, 0.717) is 0 Å². The maximum atomic E-state index is 12.6. The summed E-state index contributed by atoms with van der Waals surface area (Å²) in [5.74, 6) is -1.06.